The minimum Gasteiger partial charge on any atom is -1.00 e. The summed E-state index contributed by atoms with van der Waals surface area (Å²) in [6.07, 6.45) is 1.31. The van der Waals surface area contributed by atoms with Crippen molar-refractivity contribution in [3.05, 3.63) is 29.8 Å². The lowest BCUT2D eigenvalue weighted by Gasteiger charge is -2.38. The highest BCUT2D eigenvalue weighted by Crippen LogP contribution is 2.14. The Morgan fingerprint density at radius 3 is 2.33 bits per heavy atom. The molecule has 7 heteroatoms. The Balaban J connectivity index is 0.00000676. The summed E-state index contributed by atoms with van der Waals surface area (Å²) in [7, 11) is -0.723. The third kappa shape index (κ3) is 9.88. The molecular weight excluding hydrogens is 475 g/mol. The van der Waals surface area contributed by atoms with Gasteiger partial charge in [0.25, 0.3) is 0 Å². The first-order valence-corrected chi connectivity index (χ1v) is 11.0. The Morgan fingerprint density at radius 1 is 1.19 bits per heavy atom. The molecule has 0 radical (unpaired) electrons. The predicted molar refractivity (Wildman–Crippen MR) is 107 cm³/mol. The molecule has 1 aromatic carbocycles. The standard InChI is InChI=1S/C20H33N2O3S.HI/c1-4-13-26(24)14-7-12-22(5-2,6-3)16-19(23)17-25-20-10-8-18(15-21)9-11-20;/h8-11,19,23H,4-7,12-14,16-17H2,1-3H3;1H/q+1;/p-1. The van der Waals surface area contributed by atoms with Crippen LogP contribution in [0.3, 0.4) is 0 Å². The van der Waals surface area contributed by atoms with Crippen LogP contribution in [0.2, 0.25) is 0 Å². The van der Waals surface area contributed by atoms with Crippen LogP contribution in [-0.2, 0) is 10.8 Å². The molecule has 1 N–H and O–H groups in total. The molecule has 0 spiro atoms. The number of aliphatic hydroxyl groups is 1. The van der Waals surface area contributed by atoms with E-state index in [-0.39, 0.29) is 30.6 Å². The number of quaternary nitrogens is 1. The minimum atomic E-state index is -0.723. The van der Waals surface area contributed by atoms with Crippen molar-refractivity contribution < 1.29 is 42.5 Å². The van der Waals surface area contributed by atoms with Gasteiger partial charge in [-0.25, -0.2) is 0 Å². The molecular formula is C20H33IN2O3S. The van der Waals surface area contributed by atoms with Crippen molar-refractivity contribution in [2.24, 2.45) is 0 Å². The molecule has 2 atom stereocenters. The fraction of sp³-hybridized carbons (Fsp3) is 0.650. The summed E-state index contributed by atoms with van der Waals surface area (Å²) in [6.45, 7) is 9.99. The summed E-state index contributed by atoms with van der Waals surface area (Å²) in [4.78, 5) is 0. The molecule has 0 aliphatic carbocycles. The van der Waals surface area contributed by atoms with E-state index >= 15 is 0 Å². The van der Waals surface area contributed by atoms with E-state index in [1.807, 2.05) is 0 Å². The van der Waals surface area contributed by atoms with E-state index in [1.54, 1.807) is 24.3 Å². The van der Waals surface area contributed by atoms with E-state index in [0.717, 1.165) is 48.5 Å². The summed E-state index contributed by atoms with van der Waals surface area (Å²) in [5.74, 6) is 2.18. The third-order valence-electron chi connectivity index (χ3n) is 4.80. The molecule has 0 saturated carbocycles. The molecule has 0 heterocycles. The zero-order valence-electron chi connectivity index (χ0n) is 16.7. The van der Waals surface area contributed by atoms with Crippen LogP contribution >= 0.6 is 0 Å². The summed E-state index contributed by atoms with van der Waals surface area (Å²) < 4.78 is 18.3. The number of hydrogen-bond donors (Lipinski definition) is 1. The van der Waals surface area contributed by atoms with Gasteiger partial charge in [0.1, 0.15) is 25.0 Å². The van der Waals surface area contributed by atoms with Crippen LogP contribution in [0.4, 0.5) is 0 Å². The highest BCUT2D eigenvalue weighted by molar-refractivity contribution is 7.84. The maximum atomic E-state index is 11.8. The second-order valence-electron chi connectivity index (χ2n) is 6.68. The summed E-state index contributed by atoms with van der Waals surface area (Å²) in [6, 6.07) is 8.97. The molecule has 154 valence electrons. The van der Waals surface area contributed by atoms with E-state index in [9.17, 15) is 9.32 Å². The van der Waals surface area contributed by atoms with Gasteiger partial charge in [0.15, 0.2) is 0 Å². The van der Waals surface area contributed by atoms with Gasteiger partial charge in [-0.15, -0.1) is 0 Å². The van der Waals surface area contributed by atoms with Gasteiger partial charge >= 0.3 is 0 Å². The van der Waals surface area contributed by atoms with Gasteiger partial charge in [-0.2, -0.15) is 5.26 Å². The van der Waals surface area contributed by atoms with E-state index in [4.69, 9.17) is 10.00 Å². The number of likely N-dealkylation sites (N-methyl/N-ethyl adjacent to an activating group) is 1. The molecule has 0 aromatic heterocycles. The Bertz CT molecular complexity index is 586. The minimum absolute atomic E-state index is 0. The highest BCUT2D eigenvalue weighted by atomic mass is 127. The number of aliphatic hydroxyl groups excluding tert-OH is 1. The van der Waals surface area contributed by atoms with Gasteiger partial charge in [-0.05, 0) is 44.5 Å². The van der Waals surface area contributed by atoms with Crippen molar-refractivity contribution in [2.75, 3.05) is 44.3 Å². The second-order valence-corrected chi connectivity index (χ2v) is 8.38. The average Bonchev–Trinajstić information content (AvgIpc) is 2.66. The Kier molecular flexibility index (Phi) is 14.0. The molecule has 0 fully saturated rings. The molecule has 5 nitrogen and oxygen atoms in total. The number of nitrogens with zero attached hydrogens (tertiary/aromatic N) is 2. The number of benzene rings is 1. The Morgan fingerprint density at radius 2 is 1.81 bits per heavy atom. The number of hydrogen-bond acceptors (Lipinski definition) is 4. The molecule has 2 unspecified atom stereocenters. The summed E-state index contributed by atoms with van der Waals surface area (Å²) in [5, 5.41) is 19.3. The lowest BCUT2D eigenvalue weighted by molar-refractivity contribution is -0.927. The number of ether oxygens (including phenoxy) is 1. The van der Waals surface area contributed by atoms with Gasteiger partial charge in [0.2, 0.25) is 0 Å². The Labute approximate surface area is 183 Å². The SMILES string of the molecule is CCCS(=O)CCC[N+](CC)(CC)CC(O)COc1ccc(C#N)cc1.[I-]. The van der Waals surface area contributed by atoms with Gasteiger partial charge in [0, 0.05) is 28.7 Å². The van der Waals surface area contributed by atoms with Crippen LogP contribution in [0.25, 0.3) is 0 Å². The van der Waals surface area contributed by atoms with E-state index in [0.29, 0.717) is 17.9 Å². The summed E-state index contributed by atoms with van der Waals surface area (Å²) in [5.41, 5.74) is 0.589. The lowest BCUT2D eigenvalue weighted by Crippen LogP contribution is -3.00. The number of halogens is 1. The quantitative estimate of drug-likeness (QED) is 0.294. The molecule has 27 heavy (non-hydrogen) atoms. The van der Waals surface area contributed by atoms with Gasteiger partial charge < -0.3 is 38.3 Å². The molecule has 0 aliphatic heterocycles. The zero-order chi connectivity index (χ0) is 19.4. The molecule has 0 bridgehead atoms. The average molecular weight is 508 g/mol. The van der Waals surface area contributed by atoms with Crippen molar-refractivity contribution >= 4 is 10.8 Å². The number of nitriles is 1. The van der Waals surface area contributed by atoms with Gasteiger partial charge in [0.05, 0.1) is 31.3 Å². The molecule has 0 aliphatic rings. The van der Waals surface area contributed by atoms with Crippen molar-refractivity contribution in [1.29, 1.82) is 5.26 Å². The van der Waals surface area contributed by atoms with Gasteiger partial charge in [-0.1, -0.05) is 6.92 Å². The van der Waals surface area contributed by atoms with Gasteiger partial charge in [-0.3, -0.25) is 4.21 Å². The van der Waals surface area contributed by atoms with Crippen LogP contribution in [0, 0.1) is 11.3 Å². The molecule has 0 saturated heterocycles. The largest absolute Gasteiger partial charge is 1.00 e. The molecule has 1 aromatic rings. The highest BCUT2D eigenvalue weighted by Gasteiger charge is 2.27. The first-order valence-electron chi connectivity index (χ1n) is 9.49. The predicted octanol–water partition coefficient (Wildman–Crippen LogP) is -0.293. The van der Waals surface area contributed by atoms with E-state index < -0.39 is 16.9 Å². The molecule has 1 rings (SSSR count). The smallest absolute Gasteiger partial charge is 0.137 e. The second kappa shape index (κ2) is 14.3. The van der Waals surface area contributed by atoms with E-state index in [1.165, 1.54) is 0 Å². The maximum Gasteiger partial charge on any atom is 0.137 e. The van der Waals surface area contributed by atoms with Crippen molar-refractivity contribution in [1.82, 2.24) is 0 Å². The van der Waals surface area contributed by atoms with Crippen molar-refractivity contribution in [3.8, 4) is 11.8 Å². The maximum absolute atomic E-state index is 11.8. The van der Waals surface area contributed by atoms with Crippen LogP contribution < -0.4 is 28.7 Å². The first kappa shape index (κ1) is 26.3. The summed E-state index contributed by atoms with van der Waals surface area (Å²) >= 11 is 0. The normalized spacial score (nSPS) is 13.3. The first-order chi connectivity index (χ1) is 12.5. The number of rotatable bonds is 13. The van der Waals surface area contributed by atoms with Crippen LogP contribution in [0.1, 0.15) is 39.2 Å². The Hall–Kier alpha value is -0.690. The van der Waals surface area contributed by atoms with E-state index in [2.05, 4.69) is 26.8 Å². The van der Waals surface area contributed by atoms with Crippen molar-refractivity contribution in [2.45, 2.75) is 39.7 Å². The van der Waals surface area contributed by atoms with Crippen LogP contribution in [-0.4, -0.2) is 64.2 Å². The molecule has 0 amide bonds. The lowest BCUT2D eigenvalue weighted by atomic mass is 10.2. The van der Waals surface area contributed by atoms with Crippen LogP contribution in [0.15, 0.2) is 24.3 Å². The fourth-order valence-corrected chi connectivity index (χ4v) is 4.21. The third-order valence-corrected chi connectivity index (χ3v) is 6.41. The van der Waals surface area contributed by atoms with Crippen molar-refractivity contribution in [3.63, 3.8) is 0 Å². The fourth-order valence-electron chi connectivity index (χ4n) is 3.10. The zero-order valence-corrected chi connectivity index (χ0v) is 19.7. The van der Waals surface area contributed by atoms with Crippen LogP contribution in [0.5, 0.6) is 5.75 Å². The monoisotopic (exact) mass is 508 g/mol. The topological polar surface area (TPSA) is 70.3 Å².